The first-order valence-electron chi connectivity index (χ1n) is 5.92. The Labute approximate surface area is 106 Å². The maximum Gasteiger partial charge on any atom is 0.0599 e. The number of rotatable bonds is 4. The summed E-state index contributed by atoms with van der Waals surface area (Å²) in [5.41, 5.74) is 1.33. The molecule has 0 aromatic heterocycles. The van der Waals surface area contributed by atoms with Gasteiger partial charge in [-0.25, -0.2) is 0 Å². The van der Waals surface area contributed by atoms with Gasteiger partial charge in [0, 0.05) is 4.47 Å². The second kappa shape index (κ2) is 6.38. The summed E-state index contributed by atoms with van der Waals surface area (Å²) >= 11 is 3.56. The van der Waals surface area contributed by atoms with Crippen LogP contribution in [0.15, 0.2) is 28.7 Å². The van der Waals surface area contributed by atoms with Crippen molar-refractivity contribution in [2.24, 2.45) is 0 Å². The van der Waals surface area contributed by atoms with Crippen molar-refractivity contribution >= 4 is 15.9 Å². The average molecular weight is 284 g/mol. The lowest BCUT2D eigenvalue weighted by Gasteiger charge is -2.23. The van der Waals surface area contributed by atoms with Crippen molar-refractivity contribution in [1.29, 1.82) is 0 Å². The summed E-state index contributed by atoms with van der Waals surface area (Å²) in [6.45, 7) is 3.02. The quantitative estimate of drug-likeness (QED) is 0.918. The van der Waals surface area contributed by atoms with Crippen LogP contribution in [0.2, 0.25) is 0 Å². The second-order valence-corrected chi connectivity index (χ2v) is 5.02. The molecule has 2 rings (SSSR count). The van der Waals surface area contributed by atoms with Crippen LogP contribution in [0.4, 0.5) is 0 Å². The lowest BCUT2D eigenvalue weighted by atomic mass is 10.1. The van der Waals surface area contributed by atoms with E-state index in [9.17, 15) is 0 Å². The molecule has 0 atom stereocenters. The minimum Gasteiger partial charge on any atom is -0.378 e. The van der Waals surface area contributed by atoms with Crippen LogP contribution >= 0.6 is 15.9 Å². The fraction of sp³-hybridized carbons (Fsp3) is 0.538. The van der Waals surface area contributed by atoms with Crippen LogP contribution in [0.25, 0.3) is 0 Å². The highest BCUT2D eigenvalue weighted by molar-refractivity contribution is 9.10. The largest absolute Gasteiger partial charge is 0.378 e. The van der Waals surface area contributed by atoms with Crippen molar-refractivity contribution in [3.63, 3.8) is 0 Å². The van der Waals surface area contributed by atoms with Crippen LogP contribution in [0.1, 0.15) is 18.4 Å². The van der Waals surface area contributed by atoms with Crippen molar-refractivity contribution in [3.8, 4) is 0 Å². The summed E-state index contributed by atoms with van der Waals surface area (Å²) in [7, 11) is 0. The van der Waals surface area contributed by atoms with Crippen molar-refractivity contribution in [2.75, 3.05) is 19.7 Å². The number of nitrogens with one attached hydrogen (secondary N) is 1. The number of piperidine rings is 1. The maximum atomic E-state index is 5.88. The Morgan fingerprint density at radius 3 is 2.75 bits per heavy atom. The van der Waals surface area contributed by atoms with E-state index in [-0.39, 0.29) is 0 Å². The molecule has 0 unspecified atom stereocenters. The number of ether oxygens (including phenoxy) is 1. The summed E-state index contributed by atoms with van der Waals surface area (Å²) in [5, 5.41) is 3.34. The first kappa shape index (κ1) is 12.1. The minimum atomic E-state index is 0.462. The maximum absolute atomic E-state index is 5.88. The molecule has 1 aliphatic heterocycles. The lowest BCUT2D eigenvalue weighted by Crippen LogP contribution is -2.32. The molecule has 1 N–H and O–H groups in total. The van der Waals surface area contributed by atoms with Gasteiger partial charge in [-0.05, 0) is 44.0 Å². The molecule has 0 aliphatic carbocycles. The molecule has 0 saturated carbocycles. The van der Waals surface area contributed by atoms with E-state index in [1.807, 2.05) is 6.07 Å². The zero-order valence-electron chi connectivity index (χ0n) is 9.42. The molecule has 0 radical (unpaired) electrons. The SMILES string of the molecule is Brc1ccccc1CCOC1CCNCC1. The number of halogens is 1. The summed E-state index contributed by atoms with van der Waals surface area (Å²) < 4.78 is 7.07. The van der Waals surface area contributed by atoms with Gasteiger partial charge in [0.15, 0.2) is 0 Å². The van der Waals surface area contributed by atoms with Gasteiger partial charge in [-0.3, -0.25) is 0 Å². The smallest absolute Gasteiger partial charge is 0.0599 e. The van der Waals surface area contributed by atoms with Gasteiger partial charge < -0.3 is 10.1 Å². The van der Waals surface area contributed by atoms with E-state index < -0.39 is 0 Å². The third-order valence-corrected chi connectivity index (χ3v) is 3.74. The molecule has 3 heteroatoms. The van der Waals surface area contributed by atoms with E-state index in [0.29, 0.717) is 6.10 Å². The highest BCUT2D eigenvalue weighted by atomic mass is 79.9. The molecular weight excluding hydrogens is 266 g/mol. The molecular formula is C13H18BrNO. The van der Waals surface area contributed by atoms with Crippen LogP contribution in [0.3, 0.4) is 0 Å². The Morgan fingerprint density at radius 2 is 2.00 bits per heavy atom. The summed E-state index contributed by atoms with van der Waals surface area (Å²) in [5.74, 6) is 0. The van der Waals surface area contributed by atoms with E-state index >= 15 is 0 Å². The molecule has 1 heterocycles. The lowest BCUT2D eigenvalue weighted by molar-refractivity contribution is 0.0348. The third kappa shape index (κ3) is 3.58. The topological polar surface area (TPSA) is 21.3 Å². The average Bonchev–Trinajstić information content (AvgIpc) is 2.33. The van der Waals surface area contributed by atoms with Gasteiger partial charge in [0.2, 0.25) is 0 Å². The molecule has 1 aliphatic rings. The van der Waals surface area contributed by atoms with Crippen molar-refractivity contribution in [3.05, 3.63) is 34.3 Å². The Bertz CT molecular complexity index is 323. The molecule has 2 nitrogen and oxygen atoms in total. The van der Waals surface area contributed by atoms with Gasteiger partial charge in [0.05, 0.1) is 12.7 Å². The standard InChI is InChI=1S/C13H18BrNO/c14-13-4-2-1-3-11(13)7-10-16-12-5-8-15-9-6-12/h1-4,12,15H,5-10H2. The molecule has 1 aromatic carbocycles. The number of hydrogen-bond donors (Lipinski definition) is 1. The molecule has 88 valence electrons. The summed E-state index contributed by atoms with van der Waals surface area (Å²) in [6.07, 6.45) is 3.75. The normalized spacial score (nSPS) is 17.6. The van der Waals surface area contributed by atoms with Gasteiger partial charge in [0.25, 0.3) is 0 Å². The fourth-order valence-electron chi connectivity index (χ4n) is 2.00. The highest BCUT2D eigenvalue weighted by Crippen LogP contribution is 2.17. The zero-order valence-corrected chi connectivity index (χ0v) is 11.0. The molecule has 0 bridgehead atoms. The van der Waals surface area contributed by atoms with Crippen molar-refractivity contribution < 1.29 is 4.74 Å². The monoisotopic (exact) mass is 283 g/mol. The molecule has 0 amide bonds. The van der Waals surface area contributed by atoms with Gasteiger partial charge in [-0.15, -0.1) is 0 Å². The Morgan fingerprint density at radius 1 is 1.25 bits per heavy atom. The van der Waals surface area contributed by atoms with E-state index in [2.05, 4.69) is 39.4 Å². The first-order chi connectivity index (χ1) is 7.86. The third-order valence-electron chi connectivity index (χ3n) is 2.97. The number of benzene rings is 1. The predicted octanol–water partition coefficient (Wildman–Crippen LogP) is 2.76. The Kier molecular flexibility index (Phi) is 4.82. The second-order valence-electron chi connectivity index (χ2n) is 4.16. The summed E-state index contributed by atoms with van der Waals surface area (Å²) in [4.78, 5) is 0. The van der Waals surface area contributed by atoms with E-state index in [1.54, 1.807) is 0 Å². The fourth-order valence-corrected chi connectivity index (χ4v) is 2.48. The van der Waals surface area contributed by atoms with Gasteiger partial charge in [0.1, 0.15) is 0 Å². The van der Waals surface area contributed by atoms with Crippen molar-refractivity contribution in [2.45, 2.75) is 25.4 Å². The molecule has 1 saturated heterocycles. The van der Waals surface area contributed by atoms with Gasteiger partial charge >= 0.3 is 0 Å². The molecule has 0 spiro atoms. The predicted molar refractivity (Wildman–Crippen MR) is 69.7 cm³/mol. The minimum absolute atomic E-state index is 0.462. The number of hydrogen-bond acceptors (Lipinski definition) is 2. The molecule has 1 aromatic rings. The molecule has 16 heavy (non-hydrogen) atoms. The van der Waals surface area contributed by atoms with Crippen molar-refractivity contribution in [1.82, 2.24) is 5.32 Å². The molecule has 1 fully saturated rings. The zero-order chi connectivity index (χ0) is 11.2. The first-order valence-corrected chi connectivity index (χ1v) is 6.71. The van der Waals surface area contributed by atoms with Crippen LogP contribution in [0.5, 0.6) is 0 Å². The van der Waals surface area contributed by atoms with E-state index in [0.717, 1.165) is 39.0 Å². The van der Waals surface area contributed by atoms with E-state index in [4.69, 9.17) is 4.74 Å². The van der Waals surface area contributed by atoms with Crippen LogP contribution in [0, 0.1) is 0 Å². The van der Waals surface area contributed by atoms with Crippen LogP contribution in [-0.4, -0.2) is 25.8 Å². The van der Waals surface area contributed by atoms with Crippen LogP contribution in [-0.2, 0) is 11.2 Å². The summed E-state index contributed by atoms with van der Waals surface area (Å²) in [6, 6.07) is 8.35. The Balaban J connectivity index is 1.73. The highest BCUT2D eigenvalue weighted by Gasteiger charge is 2.12. The van der Waals surface area contributed by atoms with Crippen LogP contribution < -0.4 is 5.32 Å². The Hall–Kier alpha value is -0.380. The van der Waals surface area contributed by atoms with Gasteiger partial charge in [-0.2, -0.15) is 0 Å². The van der Waals surface area contributed by atoms with Gasteiger partial charge in [-0.1, -0.05) is 34.1 Å². The van der Waals surface area contributed by atoms with E-state index in [1.165, 1.54) is 10.0 Å².